The van der Waals surface area contributed by atoms with Gasteiger partial charge < -0.3 is 19.9 Å². The first-order valence-electron chi connectivity index (χ1n) is 10.7. The van der Waals surface area contributed by atoms with Crippen molar-refractivity contribution in [3.8, 4) is 5.75 Å². The summed E-state index contributed by atoms with van der Waals surface area (Å²) in [5.74, 6) is 1.51. The van der Waals surface area contributed by atoms with Crippen LogP contribution in [0.4, 0.5) is 0 Å². The molecule has 1 aromatic rings. The molecule has 6 heteroatoms. The van der Waals surface area contributed by atoms with E-state index in [9.17, 15) is 9.59 Å². The van der Waals surface area contributed by atoms with E-state index in [4.69, 9.17) is 4.74 Å². The lowest BCUT2D eigenvalue weighted by atomic mass is 9.59. The van der Waals surface area contributed by atoms with E-state index in [2.05, 4.69) is 22.0 Å². The smallest absolute Gasteiger partial charge is 0.258 e. The summed E-state index contributed by atoms with van der Waals surface area (Å²) in [6, 6.07) is 7.46. The van der Waals surface area contributed by atoms with E-state index in [0.717, 1.165) is 58.4 Å². The number of carbonyl (C=O) groups is 2. The van der Waals surface area contributed by atoms with Crippen molar-refractivity contribution < 1.29 is 14.3 Å². The second-order valence-corrected chi connectivity index (χ2v) is 8.78. The van der Waals surface area contributed by atoms with Gasteiger partial charge in [-0.05, 0) is 43.9 Å². The second-order valence-electron chi connectivity index (χ2n) is 8.78. The molecule has 28 heavy (non-hydrogen) atoms. The SMILES string of the molecule is CCN1CCN(C(=O)[C@@H]2C[C@H]3CC[C@H]2C[C@@]32NC(=O)c3ccccc3O2)CC1. The maximum absolute atomic E-state index is 13.3. The maximum atomic E-state index is 13.3. The first-order chi connectivity index (χ1) is 13.6. The second kappa shape index (κ2) is 6.76. The fourth-order valence-electron chi connectivity index (χ4n) is 5.78. The van der Waals surface area contributed by atoms with Crippen LogP contribution < -0.4 is 10.1 Å². The van der Waals surface area contributed by atoms with E-state index in [-0.39, 0.29) is 23.7 Å². The highest BCUT2D eigenvalue weighted by atomic mass is 16.5. The van der Waals surface area contributed by atoms with E-state index in [1.54, 1.807) is 6.07 Å². The van der Waals surface area contributed by atoms with Crippen LogP contribution in [0, 0.1) is 17.8 Å². The molecule has 0 unspecified atom stereocenters. The van der Waals surface area contributed by atoms with Crippen molar-refractivity contribution in [3.05, 3.63) is 29.8 Å². The van der Waals surface area contributed by atoms with Gasteiger partial charge in [-0.25, -0.2) is 0 Å². The number of nitrogens with zero attached hydrogens (tertiary/aromatic N) is 2. The molecule has 1 aromatic carbocycles. The molecule has 4 fully saturated rings. The Morgan fingerprint density at radius 3 is 2.71 bits per heavy atom. The molecule has 3 saturated carbocycles. The van der Waals surface area contributed by atoms with Gasteiger partial charge in [-0.3, -0.25) is 9.59 Å². The zero-order valence-corrected chi connectivity index (χ0v) is 16.5. The first-order valence-corrected chi connectivity index (χ1v) is 10.7. The Bertz CT molecular complexity index is 789. The first kappa shape index (κ1) is 18.0. The molecular weight excluding hydrogens is 354 g/mol. The summed E-state index contributed by atoms with van der Waals surface area (Å²) in [6.07, 6.45) is 3.63. The Labute approximate surface area is 166 Å². The molecule has 1 N–H and O–H groups in total. The van der Waals surface area contributed by atoms with Crippen LogP contribution in [0.15, 0.2) is 24.3 Å². The number of likely N-dealkylation sites (N-methyl/N-ethyl adjacent to an activating group) is 1. The number of fused-ring (bicyclic) bond motifs is 3. The number of hydrogen-bond acceptors (Lipinski definition) is 4. The monoisotopic (exact) mass is 383 g/mol. The molecule has 0 aromatic heterocycles. The van der Waals surface area contributed by atoms with E-state index in [0.29, 0.717) is 17.2 Å². The fourth-order valence-corrected chi connectivity index (χ4v) is 5.78. The molecule has 4 atom stereocenters. The zero-order valence-electron chi connectivity index (χ0n) is 16.5. The predicted octanol–water partition coefficient (Wildman–Crippen LogP) is 2.11. The van der Waals surface area contributed by atoms with Crippen molar-refractivity contribution in [2.45, 2.75) is 38.3 Å². The number of ether oxygens (including phenoxy) is 1. The number of hydrogen-bond donors (Lipinski definition) is 1. The number of carbonyl (C=O) groups excluding carboxylic acids is 2. The standard InChI is InChI=1S/C22H29N3O3/c1-2-24-9-11-25(12-10-24)21(27)18-13-16-8-7-15(18)14-22(16)23-20(26)17-5-3-4-6-19(17)28-22/h3-6,15-16,18H,2,7-14H2,1H3,(H,23,26)/t15-,16+,18+,22-/m0/s1. The van der Waals surface area contributed by atoms with Crippen molar-refractivity contribution in [1.82, 2.24) is 15.1 Å². The highest BCUT2D eigenvalue weighted by Gasteiger charge is 2.57. The molecule has 6 nitrogen and oxygen atoms in total. The fraction of sp³-hybridized carbons (Fsp3) is 0.636. The average molecular weight is 383 g/mol. The molecule has 2 heterocycles. The van der Waals surface area contributed by atoms with Gasteiger partial charge in [0.05, 0.1) is 5.56 Å². The molecule has 1 saturated heterocycles. The number of nitrogens with one attached hydrogen (secondary N) is 1. The molecule has 3 aliphatic carbocycles. The largest absolute Gasteiger partial charge is 0.467 e. The maximum Gasteiger partial charge on any atom is 0.258 e. The molecular formula is C22H29N3O3. The molecule has 1 spiro atoms. The molecule has 6 rings (SSSR count). The number of para-hydroxylation sites is 1. The van der Waals surface area contributed by atoms with Crippen LogP contribution in [0.3, 0.4) is 0 Å². The number of benzene rings is 1. The van der Waals surface area contributed by atoms with Gasteiger partial charge in [-0.1, -0.05) is 19.1 Å². The number of piperazine rings is 1. The lowest BCUT2D eigenvalue weighted by Gasteiger charge is -2.55. The highest BCUT2D eigenvalue weighted by Crippen LogP contribution is 2.52. The van der Waals surface area contributed by atoms with Gasteiger partial charge in [0.25, 0.3) is 5.91 Å². The Hall–Kier alpha value is -2.08. The summed E-state index contributed by atoms with van der Waals surface area (Å²) in [5.41, 5.74) is -0.0255. The van der Waals surface area contributed by atoms with E-state index >= 15 is 0 Å². The summed E-state index contributed by atoms with van der Waals surface area (Å²) in [7, 11) is 0. The Balaban J connectivity index is 1.32. The van der Waals surface area contributed by atoms with Gasteiger partial charge in [0.15, 0.2) is 5.72 Å². The van der Waals surface area contributed by atoms with Crippen LogP contribution in [0.5, 0.6) is 5.75 Å². The Morgan fingerprint density at radius 2 is 2.00 bits per heavy atom. The van der Waals surface area contributed by atoms with Gasteiger partial charge in [-0.2, -0.15) is 0 Å². The lowest BCUT2D eigenvalue weighted by molar-refractivity contribution is -0.156. The topological polar surface area (TPSA) is 61.9 Å². The summed E-state index contributed by atoms with van der Waals surface area (Å²) in [4.78, 5) is 30.4. The van der Waals surface area contributed by atoms with Crippen LogP contribution in [0.25, 0.3) is 0 Å². The van der Waals surface area contributed by atoms with Crippen LogP contribution in [-0.4, -0.2) is 60.1 Å². The number of rotatable bonds is 2. The quantitative estimate of drug-likeness (QED) is 0.850. The van der Waals surface area contributed by atoms with E-state index < -0.39 is 5.72 Å². The van der Waals surface area contributed by atoms with Crippen LogP contribution >= 0.6 is 0 Å². The predicted molar refractivity (Wildman–Crippen MR) is 105 cm³/mol. The van der Waals surface area contributed by atoms with Gasteiger partial charge >= 0.3 is 0 Å². The summed E-state index contributed by atoms with van der Waals surface area (Å²) >= 11 is 0. The molecule has 5 aliphatic rings. The summed E-state index contributed by atoms with van der Waals surface area (Å²) < 4.78 is 6.40. The van der Waals surface area contributed by atoms with Crippen molar-refractivity contribution >= 4 is 11.8 Å². The van der Waals surface area contributed by atoms with E-state index in [1.807, 2.05) is 18.2 Å². The summed E-state index contributed by atoms with van der Waals surface area (Å²) in [6.45, 7) is 6.86. The summed E-state index contributed by atoms with van der Waals surface area (Å²) in [5, 5.41) is 3.18. The van der Waals surface area contributed by atoms with Gasteiger partial charge in [-0.15, -0.1) is 0 Å². The Kier molecular flexibility index (Phi) is 4.34. The van der Waals surface area contributed by atoms with E-state index in [1.165, 1.54) is 0 Å². The molecule has 2 aliphatic heterocycles. The van der Waals surface area contributed by atoms with Crippen molar-refractivity contribution in [2.75, 3.05) is 32.7 Å². The zero-order chi connectivity index (χ0) is 19.3. The minimum absolute atomic E-state index is 0.0482. The third-order valence-corrected chi connectivity index (χ3v) is 7.42. The highest BCUT2D eigenvalue weighted by molar-refractivity contribution is 5.98. The molecule has 150 valence electrons. The van der Waals surface area contributed by atoms with Crippen LogP contribution in [0.1, 0.15) is 43.0 Å². The van der Waals surface area contributed by atoms with Crippen LogP contribution in [0.2, 0.25) is 0 Å². The van der Waals surface area contributed by atoms with Crippen molar-refractivity contribution in [1.29, 1.82) is 0 Å². The minimum atomic E-state index is -0.633. The van der Waals surface area contributed by atoms with Gasteiger partial charge in [0.2, 0.25) is 5.91 Å². The molecule has 0 radical (unpaired) electrons. The van der Waals surface area contributed by atoms with Crippen molar-refractivity contribution in [2.24, 2.45) is 17.8 Å². The van der Waals surface area contributed by atoms with Crippen LogP contribution in [-0.2, 0) is 4.79 Å². The average Bonchev–Trinajstić information content (AvgIpc) is 2.73. The van der Waals surface area contributed by atoms with Gasteiger partial charge in [0, 0.05) is 44.4 Å². The Morgan fingerprint density at radius 1 is 1.21 bits per heavy atom. The van der Waals surface area contributed by atoms with Gasteiger partial charge in [0.1, 0.15) is 5.75 Å². The normalized spacial score (nSPS) is 34.7. The molecule has 2 bridgehead atoms. The molecule has 2 amide bonds. The van der Waals surface area contributed by atoms with Crippen molar-refractivity contribution in [3.63, 3.8) is 0 Å². The minimum Gasteiger partial charge on any atom is -0.467 e. The lowest BCUT2D eigenvalue weighted by Crippen LogP contribution is -2.67. The third-order valence-electron chi connectivity index (χ3n) is 7.42. The number of amides is 2. The third kappa shape index (κ3) is 2.81.